The highest BCUT2D eigenvalue weighted by molar-refractivity contribution is 6.32. The molecule has 1 aromatic carbocycles. The largest absolute Gasteiger partial charge is 0.492 e. The fourth-order valence-corrected chi connectivity index (χ4v) is 1.95. The van der Waals surface area contributed by atoms with E-state index in [1.165, 1.54) is 0 Å². The molecule has 0 aliphatic carbocycles. The van der Waals surface area contributed by atoms with Crippen LogP contribution in [0.5, 0.6) is 5.75 Å². The van der Waals surface area contributed by atoms with E-state index in [4.69, 9.17) is 22.1 Å². The lowest BCUT2D eigenvalue weighted by Gasteiger charge is -2.10. The number of nitrogens with one attached hydrogen (secondary N) is 1. The van der Waals surface area contributed by atoms with Crippen LogP contribution in [0.15, 0.2) is 18.2 Å². The van der Waals surface area contributed by atoms with Crippen LogP contribution in [0.1, 0.15) is 39.5 Å². The SMILES string of the molecule is CCCOc1ccc(NC(=O)CCCC(C)N)cc1Cl. The third kappa shape index (κ3) is 6.26. The first-order valence-electron chi connectivity index (χ1n) is 7.00. The van der Waals surface area contributed by atoms with Gasteiger partial charge in [-0.15, -0.1) is 0 Å². The smallest absolute Gasteiger partial charge is 0.224 e. The topological polar surface area (TPSA) is 64.3 Å². The number of carbonyl (C=O) groups excluding carboxylic acids is 1. The Morgan fingerprint density at radius 2 is 2.25 bits per heavy atom. The van der Waals surface area contributed by atoms with E-state index >= 15 is 0 Å². The van der Waals surface area contributed by atoms with E-state index in [1.54, 1.807) is 18.2 Å². The standard InChI is InChI=1S/C15H23ClN2O2/c1-3-9-20-14-8-7-12(10-13(14)16)18-15(19)6-4-5-11(2)17/h7-8,10-11H,3-6,9,17H2,1-2H3,(H,18,19). The molecule has 0 aromatic heterocycles. The van der Waals surface area contributed by atoms with E-state index in [9.17, 15) is 4.79 Å². The number of amides is 1. The molecule has 1 atom stereocenters. The van der Waals surface area contributed by atoms with Gasteiger partial charge in [0.25, 0.3) is 0 Å². The normalized spacial score (nSPS) is 12.0. The molecule has 3 N–H and O–H groups in total. The monoisotopic (exact) mass is 298 g/mol. The number of hydrogen-bond donors (Lipinski definition) is 2. The van der Waals surface area contributed by atoms with Gasteiger partial charge in [0.2, 0.25) is 5.91 Å². The van der Waals surface area contributed by atoms with Crippen molar-refractivity contribution in [1.82, 2.24) is 0 Å². The molecule has 1 amide bonds. The molecule has 0 saturated carbocycles. The minimum absolute atomic E-state index is 0.0241. The molecule has 0 aliphatic rings. The summed E-state index contributed by atoms with van der Waals surface area (Å²) < 4.78 is 5.48. The van der Waals surface area contributed by atoms with Gasteiger partial charge in [-0.1, -0.05) is 18.5 Å². The van der Waals surface area contributed by atoms with Crippen LogP contribution >= 0.6 is 11.6 Å². The first-order chi connectivity index (χ1) is 9.52. The van der Waals surface area contributed by atoms with E-state index in [2.05, 4.69) is 5.32 Å². The molecule has 112 valence electrons. The molecular formula is C15H23ClN2O2. The number of hydrogen-bond acceptors (Lipinski definition) is 3. The predicted octanol–water partition coefficient (Wildman–Crippen LogP) is 3.58. The fraction of sp³-hybridized carbons (Fsp3) is 0.533. The van der Waals surface area contributed by atoms with Crippen molar-refractivity contribution in [2.45, 2.75) is 45.6 Å². The highest BCUT2D eigenvalue weighted by atomic mass is 35.5. The fourth-order valence-electron chi connectivity index (χ4n) is 1.72. The molecule has 1 rings (SSSR count). The molecule has 0 heterocycles. The molecule has 0 spiro atoms. The summed E-state index contributed by atoms with van der Waals surface area (Å²) in [4.78, 5) is 11.7. The zero-order valence-electron chi connectivity index (χ0n) is 12.1. The summed E-state index contributed by atoms with van der Waals surface area (Å²) in [7, 11) is 0. The van der Waals surface area contributed by atoms with Gasteiger partial charge in [-0.05, 0) is 44.4 Å². The van der Waals surface area contributed by atoms with E-state index in [-0.39, 0.29) is 11.9 Å². The average molecular weight is 299 g/mol. The summed E-state index contributed by atoms with van der Waals surface area (Å²) in [5.41, 5.74) is 6.33. The third-order valence-corrected chi connectivity index (χ3v) is 3.04. The van der Waals surface area contributed by atoms with E-state index in [0.717, 1.165) is 19.3 Å². The second-order valence-corrected chi connectivity index (χ2v) is 5.32. The van der Waals surface area contributed by atoms with Crippen molar-refractivity contribution in [3.05, 3.63) is 23.2 Å². The maximum Gasteiger partial charge on any atom is 0.224 e. The Morgan fingerprint density at radius 3 is 2.85 bits per heavy atom. The van der Waals surface area contributed by atoms with Gasteiger partial charge in [-0.25, -0.2) is 0 Å². The molecule has 0 fully saturated rings. The number of benzene rings is 1. The number of ether oxygens (including phenoxy) is 1. The van der Waals surface area contributed by atoms with Gasteiger partial charge in [-0.3, -0.25) is 4.79 Å². The number of halogens is 1. The van der Waals surface area contributed by atoms with Crippen molar-refractivity contribution in [2.75, 3.05) is 11.9 Å². The minimum Gasteiger partial charge on any atom is -0.492 e. The summed E-state index contributed by atoms with van der Waals surface area (Å²) in [6.45, 7) is 4.60. The first-order valence-corrected chi connectivity index (χ1v) is 7.38. The van der Waals surface area contributed by atoms with Crippen molar-refractivity contribution in [3.8, 4) is 5.75 Å². The Morgan fingerprint density at radius 1 is 1.50 bits per heavy atom. The van der Waals surface area contributed by atoms with Gasteiger partial charge >= 0.3 is 0 Å². The van der Waals surface area contributed by atoms with Crippen molar-refractivity contribution in [3.63, 3.8) is 0 Å². The lowest BCUT2D eigenvalue weighted by atomic mass is 10.1. The van der Waals surface area contributed by atoms with Gasteiger partial charge in [0.1, 0.15) is 5.75 Å². The second kappa shape index (κ2) is 8.82. The first kappa shape index (κ1) is 16.8. The van der Waals surface area contributed by atoms with Gasteiger partial charge in [-0.2, -0.15) is 0 Å². The summed E-state index contributed by atoms with van der Waals surface area (Å²) in [6, 6.07) is 5.40. The molecule has 0 saturated heterocycles. The van der Waals surface area contributed by atoms with Gasteiger partial charge in [0.15, 0.2) is 0 Å². The lowest BCUT2D eigenvalue weighted by Crippen LogP contribution is -2.16. The van der Waals surface area contributed by atoms with Crippen LogP contribution in [0.4, 0.5) is 5.69 Å². The quantitative estimate of drug-likeness (QED) is 0.771. The number of anilines is 1. The molecule has 1 aromatic rings. The van der Waals surface area contributed by atoms with Crippen LogP contribution in [0, 0.1) is 0 Å². The van der Waals surface area contributed by atoms with Gasteiger partial charge < -0.3 is 15.8 Å². The van der Waals surface area contributed by atoms with E-state index < -0.39 is 0 Å². The number of rotatable bonds is 8. The predicted molar refractivity (Wildman–Crippen MR) is 83.4 cm³/mol. The zero-order chi connectivity index (χ0) is 15.0. The summed E-state index contributed by atoms with van der Waals surface area (Å²) >= 11 is 6.10. The van der Waals surface area contributed by atoms with E-state index in [1.807, 2.05) is 13.8 Å². The summed E-state index contributed by atoms with van der Waals surface area (Å²) in [5, 5.41) is 3.33. The van der Waals surface area contributed by atoms with Crippen molar-refractivity contribution in [1.29, 1.82) is 0 Å². The third-order valence-electron chi connectivity index (χ3n) is 2.74. The zero-order valence-corrected chi connectivity index (χ0v) is 12.9. The van der Waals surface area contributed by atoms with Gasteiger partial charge in [0, 0.05) is 18.2 Å². The molecule has 4 nitrogen and oxygen atoms in total. The number of nitrogens with two attached hydrogens (primary N) is 1. The molecule has 0 radical (unpaired) electrons. The molecule has 20 heavy (non-hydrogen) atoms. The number of carbonyl (C=O) groups is 1. The van der Waals surface area contributed by atoms with Crippen LogP contribution in [-0.4, -0.2) is 18.6 Å². The average Bonchev–Trinajstić information content (AvgIpc) is 2.37. The summed E-state index contributed by atoms with van der Waals surface area (Å²) in [5.74, 6) is 0.618. The van der Waals surface area contributed by atoms with Crippen molar-refractivity contribution in [2.24, 2.45) is 5.73 Å². The van der Waals surface area contributed by atoms with Crippen LogP contribution in [0.2, 0.25) is 5.02 Å². The van der Waals surface area contributed by atoms with Crippen LogP contribution < -0.4 is 15.8 Å². The van der Waals surface area contributed by atoms with Crippen molar-refractivity contribution < 1.29 is 9.53 Å². The molecule has 1 unspecified atom stereocenters. The van der Waals surface area contributed by atoms with Crippen LogP contribution in [0.3, 0.4) is 0 Å². The Labute approximate surface area is 125 Å². The molecular weight excluding hydrogens is 276 g/mol. The van der Waals surface area contributed by atoms with Gasteiger partial charge in [0.05, 0.1) is 11.6 Å². The Balaban J connectivity index is 2.47. The Bertz CT molecular complexity index is 436. The molecule has 0 aliphatic heterocycles. The summed E-state index contributed by atoms with van der Waals surface area (Å²) in [6.07, 6.45) is 3.02. The van der Waals surface area contributed by atoms with Crippen LogP contribution in [-0.2, 0) is 4.79 Å². The Hall–Kier alpha value is -1.26. The van der Waals surface area contributed by atoms with Crippen LogP contribution in [0.25, 0.3) is 0 Å². The van der Waals surface area contributed by atoms with Crippen molar-refractivity contribution >= 4 is 23.2 Å². The molecule has 5 heteroatoms. The highest BCUT2D eigenvalue weighted by Gasteiger charge is 2.06. The maximum absolute atomic E-state index is 11.7. The van der Waals surface area contributed by atoms with E-state index in [0.29, 0.717) is 29.5 Å². The lowest BCUT2D eigenvalue weighted by molar-refractivity contribution is -0.116. The highest BCUT2D eigenvalue weighted by Crippen LogP contribution is 2.27. The minimum atomic E-state index is -0.0241. The Kier molecular flexibility index (Phi) is 7.41. The second-order valence-electron chi connectivity index (χ2n) is 4.91. The maximum atomic E-state index is 11.7. The molecule has 0 bridgehead atoms.